The van der Waals surface area contributed by atoms with E-state index in [1.165, 1.54) is 28.7 Å². The Morgan fingerprint density at radius 3 is 2.62 bits per heavy atom. The smallest absolute Gasteiger partial charge is 0.0407 e. The highest BCUT2D eigenvalue weighted by Crippen LogP contribution is 2.41. The van der Waals surface area contributed by atoms with Crippen molar-refractivity contribution in [3.05, 3.63) is 28.2 Å². The molecule has 0 aromatic heterocycles. The zero-order valence-corrected chi connectivity index (χ0v) is 12.1. The number of rotatable bonds is 1. The third-order valence-corrected chi connectivity index (χ3v) is 4.09. The molecule has 1 aromatic carbocycles. The van der Waals surface area contributed by atoms with Gasteiger partial charge in [-0.1, -0.05) is 29.8 Å². The average Bonchev–Trinajstić information content (AvgIpc) is 2.18. The Morgan fingerprint density at radius 1 is 1.31 bits per heavy atom. The van der Waals surface area contributed by atoms with Crippen LogP contribution in [0.4, 0.5) is 5.69 Å². The summed E-state index contributed by atoms with van der Waals surface area (Å²) in [5.74, 6) is 0. The number of nitrogens with zero attached hydrogens (tertiary/aromatic N) is 1. The lowest BCUT2D eigenvalue weighted by molar-refractivity contribution is 0.442. The van der Waals surface area contributed by atoms with Crippen molar-refractivity contribution in [3.63, 3.8) is 0 Å². The maximum Gasteiger partial charge on any atom is 0.0407 e. The van der Waals surface area contributed by atoms with Crippen LogP contribution in [0, 0.1) is 0 Å². The van der Waals surface area contributed by atoms with Gasteiger partial charge in [0.2, 0.25) is 0 Å². The molecule has 0 radical (unpaired) electrons. The van der Waals surface area contributed by atoms with Gasteiger partial charge in [-0.25, -0.2) is 0 Å². The Kier molecular flexibility index (Phi) is 3.04. The second-order valence-corrected chi connectivity index (χ2v) is 6.50. The monoisotopic (exact) mass is 281 g/mol. The van der Waals surface area contributed by atoms with E-state index in [0.29, 0.717) is 11.5 Å². The molecule has 1 heterocycles. The number of anilines is 1. The first kappa shape index (κ1) is 12.0. The summed E-state index contributed by atoms with van der Waals surface area (Å²) < 4.78 is 1.19. The first-order chi connectivity index (χ1) is 7.42. The predicted molar refractivity (Wildman–Crippen MR) is 74.3 cm³/mol. The Balaban J connectivity index is 2.53. The van der Waals surface area contributed by atoms with Gasteiger partial charge in [0.05, 0.1) is 0 Å². The van der Waals surface area contributed by atoms with E-state index in [-0.39, 0.29) is 0 Å². The Bertz CT molecular complexity index is 396. The zero-order chi connectivity index (χ0) is 11.9. The van der Waals surface area contributed by atoms with Crippen LogP contribution in [0.15, 0.2) is 22.7 Å². The second kappa shape index (κ2) is 4.06. The van der Waals surface area contributed by atoms with E-state index in [2.05, 4.69) is 66.7 Å². The van der Waals surface area contributed by atoms with Gasteiger partial charge < -0.3 is 4.90 Å². The van der Waals surface area contributed by atoms with E-state index >= 15 is 0 Å². The van der Waals surface area contributed by atoms with Gasteiger partial charge >= 0.3 is 0 Å². The molecule has 88 valence electrons. The number of hydrogen-bond donors (Lipinski definition) is 0. The highest BCUT2D eigenvalue weighted by Gasteiger charge is 2.31. The third kappa shape index (κ3) is 2.00. The highest BCUT2D eigenvalue weighted by molar-refractivity contribution is 9.10. The van der Waals surface area contributed by atoms with Gasteiger partial charge in [0, 0.05) is 22.7 Å². The highest BCUT2D eigenvalue weighted by atomic mass is 79.9. The van der Waals surface area contributed by atoms with Crippen molar-refractivity contribution in [2.45, 2.75) is 45.6 Å². The summed E-state index contributed by atoms with van der Waals surface area (Å²) >= 11 is 3.58. The normalized spacial score (nSPS) is 18.8. The molecule has 0 bridgehead atoms. The van der Waals surface area contributed by atoms with E-state index in [9.17, 15) is 0 Å². The molecular formula is C14H20BrN. The number of hydrogen-bond acceptors (Lipinski definition) is 1. The van der Waals surface area contributed by atoms with Crippen LogP contribution >= 0.6 is 15.9 Å². The van der Waals surface area contributed by atoms with E-state index in [0.717, 1.165) is 0 Å². The molecule has 0 unspecified atom stereocenters. The standard InChI is InChI=1S/C14H20BrN/c1-10(2)16-8-7-14(3,4)12-9-11(15)5-6-13(12)16/h5-6,9-10H,7-8H2,1-4H3. The summed E-state index contributed by atoms with van der Waals surface area (Å²) in [5, 5.41) is 0. The van der Waals surface area contributed by atoms with Crippen LogP contribution in [-0.2, 0) is 5.41 Å². The molecule has 0 atom stereocenters. The summed E-state index contributed by atoms with van der Waals surface area (Å²) in [4.78, 5) is 2.51. The van der Waals surface area contributed by atoms with Gasteiger partial charge in [0.15, 0.2) is 0 Å². The van der Waals surface area contributed by atoms with Crippen LogP contribution in [0.3, 0.4) is 0 Å². The Hall–Kier alpha value is -0.500. The molecule has 0 N–H and O–H groups in total. The lowest BCUT2D eigenvalue weighted by atomic mass is 9.77. The molecule has 0 fully saturated rings. The minimum Gasteiger partial charge on any atom is -0.369 e. The summed E-state index contributed by atoms with van der Waals surface area (Å²) in [7, 11) is 0. The molecule has 2 heteroatoms. The van der Waals surface area contributed by atoms with Gasteiger partial charge in [-0.05, 0) is 49.4 Å². The minimum atomic E-state index is 0.296. The van der Waals surface area contributed by atoms with E-state index in [1.807, 2.05) is 0 Å². The first-order valence-corrected chi connectivity index (χ1v) is 6.78. The fourth-order valence-electron chi connectivity index (χ4n) is 2.49. The van der Waals surface area contributed by atoms with Crippen LogP contribution < -0.4 is 4.90 Å². The Morgan fingerprint density at radius 2 is 2.00 bits per heavy atom. The van der Waals surface area contributed by atoms with Crippen molar-refractivity contribution in [2.24, 2.45) is 0 Å². The maximum absolute atomic E-state index is 3.58. The van der Waals surface area contributed by atoms with Gasteiger partial charge in [-0.3, -0.25) is 0 Å². The summed E-state index contributed by atoms with van der Waals surface area (Å²) in [6.07, 6.45) is 1.23. The summed E-state index contributed by atoms with van der Waals surface area (Å²) in [6.45, 7) is 10.4. The maximum atomic E-state index is 3.58. The molecule has 2 rings (SSSR count). The summed E-state index contributed by atoms with van der Waals surface area (Å²) in [5.41, 5.74) is 3.18. The van der Waals surface area contributed by atoms with Crippen LogP contribution in [0.25, 0.3) is 0 Å². The van der Waals surface area contributed by atoms with Crippen molar-refractivity contribution in [1.82, 2.24) is 0 Å². The fourth-order valence-corrected chi connectivity index (χ4v) is 2.85. The number of fused-ring (bicyclic) bond motifs is 1. The van der Waals surface area contributed by atoms with Crippen molar-refractivity contribution in [3.8, 4) is 0 Å². The van der Waals surface area contributed by atoms with Gasteiger partial charge in [-0.15, -0.1) is 0 Å². The van der Waals surface area contributed by atoms with Crippen LogP contribution in [-0.4, -0.2) is 12.6 Å². The van der Waals surface area contributed by atoms with Gasteiger partial charge in [0.1, 0.15) is 0 Å². The molecule has 1 aliphatic heterocycles. The topological polar surface area (TPSA) is 3.24 Å². The minimum absolute atomic E-state index is 0.296. The molecule has 16 heavy (non-hydrogen) atoms. The molecule has 0 spiro atoms. The largest absolute Gasteiger partial charge is 0.369 e. The molecule has 1 aromatic rings. The van der Waals surface area contributed by atoms with Crippen LogP contribution in [0.2, 0.25) is 0 Å². The SMILES string of the molecule is CC(C)N1CCC(C)(C)c2cc(Br)ccc21. The van der Waals surface area contributed by atoms with Gasteiger partial charge in [-0.2, -0.15) is 0 Å². The quantitative estimate of drug-likeness (QED) is 0.740. The molecule has 1 aliphatic rings. The van der Waals surface area contributed by atoms with E-state index in [1.54, 1.807) is 0 Å². The molecular weight excluding hydrogens is 262 g/mol. The molecule has 0 saturated carbocycles. The first-order valence-electron chi connectivity index (χ1n) is 5.98. The van der Waals surface area contributed by atoms with Crippen molar-refractivity contribution in [2.75, 3.05) is 11.4 Å². The zero-order valence-electron chi connectivity index (χ0n) is 10.5. The van der Waals surface area contributed by atoms with E-state index in [4.69, 9.17) is 0 Å². The average molecular weight is 282 g/mol. The third-order valence-electron chi connectivity index (χ3n) is 3.60. The Labute approximate surface area is 107 Å². The lowest BCUT2D eigenvalue weighted by Gasteiger charge is -2.42. The molecule has 0 aliphatic carbocycles. The van der Waals surface area contributed by atoms with Crippen LogP contribution in [0.1, 0.15) is 39.7 Å². The molecule has 0 saturated heterocycles. The summed E-state index contributed by atoms with van der Waals surface area (Å²) in [6, 6.07) is 7.26. The van der Waals surface area contributed by atoms with Crippen molar-refractivity contribution >= 4 is 21.6 Å². The van der Waals surface area contributed by atoms with Gasteiger partial charge in [0.25, 0.3) is 0 Å². The predicted octanol–water partition coefficient (Wildman–Crippen LogP) is 4.35. The fraction of sp³-hybridized carbons (Fsp3) is 0.571. The molecule has 0 amide bonds. The van der Waals surface area contributed by atoms with Crippen LogP contribution in [0.5, 0.6) is 0 Å². The number of benzene rings is 1. The second-order valence-electron chi connectivity index (χ2n) is 5.58. The molecule has 1 nitrogen and oxygen atoms in total. The van der Waals surface area contributed by atoms with E-state index < -0.39 is 0 Å². The lowest BCUT2D eigenvalue weighted by Crippen LogP contribution is -2.41. The van der Waals surface area contributed by atoms with Crippen molar-refractivity contribution < 1.29 is 0 Å². The van der Waals surface area contributed by atoms with Crippen molar-refractivity contribution in [1.29, 1.82) is 0 Å². The number of halogens is 1.